The van der Waals surface area contributed by atoms with Crippen LogP contribution in [-0.2, 0) is 20.9 Å². The molecule has 0 fully saturated rings. The molecule has 39 heavy (non-hydrogen) atoms. The maximum absolute atomic E-state index is 13.6. The van der Waals surface area contributed by atoms with E-state index in [1.54, 1.807) is 36.4 Å². The van der Waals surface area contributed by atoms with Crippen molar-refractivity contribution < 1.29 is 23.9 Å². The molecule has 1 heterocycles. The molecule has 0 unspecified atom stereocenters. The third-order valence-electron chi connectivity index (χ3n) is 6.30. The Morgan fingerprint density at radius 3 is 2.31 bits per heavy atom. The minimum absolute atomic E-state index is 0.179. The van der Waals surface area contributed by atoms with Gasteiger partial charge < -0.3 is 24.3 Å². The van der Waals surface area contributed by atoms with Crippen molar-refractivity contribution in [3.8, 4) is 5.75 Å². The van der Waals surface area contributed by atoms with Gasteiger partial charge in [-0.05, 0) is 43.7 Å². The van der Waals surface area contributed by atoms with Gasteiger partial charge in [-0.2, -0.15) is 0 Å². The van der Waals surface area contributed by atoms with Gasteiger partial charge in [0.1, 0.15) is 0 Å². The van der Waals surface area contributed by atoms with Crippen molar-refractivity contribution in [2.45, 2.75) is 33.4 Å². The minimum atomic E-state index is -1.20. The molecule has 0 aliphatic carbocycles. The zero-order chi connectivity index (χ0) is 27.9. The predicted octanol–water partition coefficient (Wildman–Crippen LogP) is 6.43. The number of benzene rings is 3. The van der Waals surface area contributed by atoms with Crippen molar-refractivity contribution in [3.63, 3.8) is 0 Å². The van der Waals surface area contributed by atoms with Gasteiger partial charge in [0.05, 0.1) is 11.2 Å². The van der Waals surface area contributed by atoms with E-state index in [-0.39, 0.29) is 5.75 Å². The van der Waals surface area contributed by atoms with Crippen molar-refractivity contribution in [3.05, 3.63) is 95.1 Å². The summed E-state index contributed by atoms with van der Waals surface area (Å²) in [5.41, 5.74) is 2.52. The Morgan fingerprint density at radius 1 is 0.949 bits per heavy atom. The van der Waals surface area contributed by atoms with Crippen LogP contribution in [-0.4, -0.2) is 40.5 Å². The Balaban J connectivity index is 1.76. The monoisotopic (exact) mass is 547 g/mol. The zero-order valence-corrected chi connectivity index (χ0v) is 22.8. The van der Waals surface area contributed by atoms with Gasteiger partial charge in [-0.3, -0.25) is 9.59 Å². The van der Waals surface area contributed by atoms with Crippen LogP contribution in [0, 0.1) is 0 Å². The number of amides is 2. The summed E-state index contributed by atoms with van der Waals surface area (Å²) < 4.78 is 13.1. The van der Waals surface area contributed by atoms with Crippen LogP contribution in [0.3, 0.4) is 0 Å². The van der Waals surface area contributed by atoms with Crippen molar-refractivity contribution >= 4 is 46.2 Å². The van der Waals surface area contributed by atoms with Gasteiger partial charge in [0, 0.05) is 48.7 Å². The van der Waals surface area contributed by atoms with Crippen molar-refractivity contribution in [2.75, 3.05) is 18.4 Å². The van der Waals surface area contributed by atoms with Gasteiger partial charge in [0.15, 0.2) is 5.75 Å². The summed E-state index contributed by atoms with van der Waals surface area (Å²) in [6, 6.07) is 21.6. The van der Waals surface area contributed by atoms with Crippen LogP contribution >= 0.6 is 11.6 Å². The fourth-order valence-corrected chi connectivity index (χ4v) is 4.51. The van der Waals surface area contributed by atoms with Crippen molar-refractivity contribution in [1.82, 2.24) is 9.47 Å². The topological polar surface area (TPSA) is 89.9 Å². The van der Waals surface area contributed by atoms with Crippen LogP contribution in [0.1, 0.15) is 38.0 Å². The number of halogens is 1. The van der Waals surface area contributed by atoms with Gasteiger partial charge in [0.2, 0.25) is 6.10 Å². The smallest absolute Gasteiger partial charge is 0.415 e. The first-order valence-electron chi connectivity index (χ1n) is 12.7. The number of hydrogen-bond donors (Lipinski definition) is 1. The van der Waals surface area contributed by atoms with E-state index in [1.165, 1.54) is 11.8 Å². The average molecular weight is 548 g/mol. The highest BCUT2D eigenvalue weighted by atomic mass is 35.5. The van der Waals surface area contributed by atoms with Gasteiger partial charge in [-0.15, -0.1) is 0 Å². The zero-order valence-electron chi connectivity index (χ0n) is 22.0. The fourth-order valence-electron chi connectivity index (χ4n) is 4.31. The lowest BCUT2D eigenvalue weighted by molar-refractivity contribution is -0.152. The quantitative estimate of drug-likeness (QED) is 0.244. The van der Waals surface area contributed by atoms with Crippen LogP contribution in [0.2, 0.25) is 5.02 Å². The lowest BCUT2D eigenvalue weighted by atomic mass is 10.1. The van der Waals surface area contributed by atoms with E-state index in [0.717, 1.165) is 11.1 Å². The molecule has 3 aromatic carbocycles. The molecule has 202 valence electrons. The normalized spacial score (nSPS) is 11.6. The lowest BCUT2D eigenvalue weighted by Gasteiger charge is -2.21. The molecule has 0 aliphatic rings. The Morgan fingerprint density at radius 2 is 1.64 bits per heavy atom. The maximum atomic E-state index is 13.6. The summed E-state index contributed by atoms with van der Waals surface area (Å²) in [7, 11) is 0. The molecule has 0 radical (unpaired) electrons. The van der Waals surface area contributed by atoms with Gasteiger partial charge >= 0.3 is 12.1 Å². The first kappa shape index (κ1) is 27.7. The molecule has 0 bridgehead atoms. The number of fused-ring (bicyclic) bond motifs is 1. The summed E-state index contributed by atoms with van der Waals surface area (Å²) in [5, 5.41) is 4.17. The van der Waals surface area contributed by atoms with E-state index in [1.807, 2.05) is 61.0 Å². The number of nitrogens with one attached hydrogen (secondary N) is 1. The number of carbonyl (C=O) groups is 3. The molecule has 1 atom stereocenters. The molecular formula is C30H30ClN3O5. The molecule has 9 heteroatoms. The highest BCUT2D eigenvalue weighted by Crippen LogP contribution is 2.36. The lowest BCUT2D eigenvalue weighted by Crippen LogP contribution is -2.33. The molecule has 0 aliphatic heterocycles. The van der Waals surface area contributed by atoms with Crippen LogP contribution in [0.15, 0.2) is 79.0 Å². The summed E-state index contributed by atoms with van der Waals surface area (Å²) in [5.74, 6) is -1.00. The largest absolute Gasteiger partial charge is 0.447 e. The predicted molar refractivity (Wildman–Crippen MR) is 151 cm³/mol. The van der Waals surface area contributed by atoms with Crippen LogP contribution in [0.5, 0.6) is 5.75 Å². The first-order chi connectivity index (χ1) is 18.8. The molecule has 4 rings (SSSR count). The van der Waals surface area contributed by atoms with Gasteiger partial charge in [0.25, 0.3) is 5.91 Å². The van der Waals surface area contributed by atoms with Gasteiger partial charge in [-0.1, -0.05) is 60.1 Å². The van der Waals surface area contributed by atoms with E-state index in [9.17, 15) is 14.4 Å². The average Bonchev–Trinajstić information content (AvgIpc) is 3.33. The number of rotatable bonds is 9. The highest BCUT2D eigenvalue weighted by Gasteiger charge is 2.27. The molecule has 1 N–H and O–H groups in total. The number of aromatic nitrogens is 1. The Hall–Kier alpha value is -4.30. The summed E-state index contributed by atoms with van der Waals surface area (Å²) in [6.45, 7) is 6.39. The van der Waals surface area contributed by atoms with Crippen molar-refractivity contribution in [1.29, 1.82) is 0 Å². The molecule has 0 saturated carbocycles. The maximum Gasteiger partial charge on any atom is 0.415 e. The summed E-state index contributed by atoms with van der Waals surface area (Å²) in [6.07, 6.45) is 0.140. The van der Waals surface area contributed by atoms with E-state index in [2.05, 4.69) is 5.32 Å². The second kappa shape index (κ2) is 12.5. The molecule has 0 spiro atoms. The Labute approximate surface area is 232 Å². The number of carbonyl (C=O) groups excluding carboxylic acids is 3. The third kappa shape index (κ3) is 6.41. The van der Waals surface area contributed by atoms with Crippen molar-refractivity contribution in [2.24, 2.45) is 0 Å². The van der Waals surface area contributed by atoms with Gasteiger partial charge in [-0.25, -0.2) is 4.79 Å². The van der Waals surface area contributed by atoms with E-state index in [4.69, 9.17) is 21.1 Å². The van der Waals surface area contributed by atoms with Crippen LogP contribution in [0.4, 0.5) is 10.5 Å². The van der Waals surface area contributed by atoms with Crippen LogP contribution in [0.25, 0.3) is 10.9 Å². The second-order valence-corrected chi connectivity index (χ2v) is 9.24. The molecular weight excluding hydrogens is 518 g/mol. The Kier molecular flexibility index (Phi) is 8.88. The Bertz CT molecular complexity index is 1480. The molecule has 0 saturated heterocycles. The standard InChI is InChI=1S/C30H30ClN3O5/c1-4-33(5-2)30(37)39-26-16-15-25-23(17-18-34(25)19-22-13-9-10-14-24(22)31)27(26)32-29(36)28(38-20(3)35)21-11-7-6-8-12-21/h6-18,28H,4-5,19H2,1-3H3,(H,32,36)/t28-/m0/s1. The van der Waals surface area contributed by atoms with E-state index >= 15 is 0 Å². The minimum Gasteiger partial charge on any atom is -0.447 e. The molecule has 2 amide bonds. The third-order valence-corrected chi connectivity index (χ3v) is 6.67. The van der Waals surface area contributed by atoms with E-state index < -0.39 is 24.1 Å². The highest BCUT2D eigenvalue weighted by molar-refractivity contribution is 6.31. The second-order valence-electron chi connectivity index (χ2n) is 8.84. The fraction of sp³-hybridized carbons (Fsp3) is 0.233. The SMILES string of the molecule is CCN(CC)C(=O)Oc1ccc2c(ccn2Cc2ccccc2Cl)c1NC(=O)[C@@H](OC(C)=O)c1ccccc1. The molecule has 1 aromatic heterocycles. The molecule has 4 aromatic rings. The number of nitrogens with zero attached hydrogens (tertiary/aromatic N) is 2. The number of hydrogen-bond acceptors (Lipinski definition) is 5. The number of ether oxygens (including phenoxy) is 2. The van der Waals surface area contributed by atoms with Crippen LogP contribution < -0.4 is 10.1 Å². The molecule has 8 nitrogen and oxygen atoms in total. The first-order valence-corrected chi connectivity index (χ1v) is 13.0. The number of esters is 1. The summed E-state index contributed by atoms with van der Waals surface area (Å²) >= 11 is 6.39. The van der Waals surface area contributed by atoms with E-state index in [0.29, 0.717) is 41.3 Å². The number of anilines is 1. The summed E-state index contributed by atoms with van der Waals surface area (Å²) in [4.78, 5) is 39.8.